The molecule has 16 heavy (non-hydrogen) atoms. The Morgan fingerprint density at radius 3 is 2.69 bits per heavy atom. The molecule has 2 aromatic rings. The Labute approximate surface area is 107 Å². The lowest BCUT2D eigenvalue weighted by Crippen LogP contribution is -1.94. The largest absolute Gasteiger partial charge is 0.397 e. The van der Waals surface area contributed by atoms with Gasteiger partial charge in [0.1, 0.15) is 5.82 Å². The molecule has 0 fully saturated rings. The van der Waals surface area contributed by atoms with E-state index in [1.165, 1.54) is 0 Å². The van der Waals surface area contributed by atoms with Crippen LogP contribution in [0.3, 0.4) is 0 Å². The fourth-order valence-corrected chi connectivity index (χ4v) is 1.63. The monoisotopic (exact) mass is 297 g/mol. The number of anilines is 3. The summed E-state index contributed by atoms with van der Waals surface area (Å²) in [5, 5.41) is 3.78. The average molecular weight is 299 g/mol. The highest BCUT2D eigenvalue weighted by molar-refractivity contribution is 9.10. The van der Waals surface area contributed by atoms with E-state index in [0.29, 0.717) is 10.7 Å². The minimum atomic E-state index is 0.638. The van der Waals surface area contributed by atoms with E-state index in [9.17, 15) is 0 Å². The van der Waals surface area contributed by atoms with Crippen molar-refractivity contribution in [1.82, 2.24) is 4.98 Å². The second-order valence-corrected chi connectivity index (χ2v) is 4.49. The summed E-state index contributed by atoms with van der Waals surface area (Å²) in [5.74, 6) is 0.729. The second kappa shape index (κ2) is 4.72. The number of rotatable bonds is 2. The molecular weight excluding hydrogens is 289 g/mol. The number of hydrogen-bond acceptors (Lipinski definition) is 3. The maximum atomic E-state index is 5.98. The smallest absolute Gasteiger partial charge is 0.130 e. The van der Waals surface area contributed by atoms with Crippen molar-refractivity contribution in [2.45, 2.75) is 0 Å². The molecule has 0 radical (unpaired) electrons. The van der Waals surface area contributed by atoms with Crippen LogP contribution < -0.4 is 11.1 Å². The van der Waals surface area contributed by atoms with E-state index in [-0.39, 0.29) is 0 Å². The molecule has 82 valence electrons. The van der Waals surface area contributed by atoms with Crippen LogP contribution in [-0.4, -0.2) is 4.98 Å². The molecule has 0 aliphatic rings. The molecular formula is C11H9BrClN3. The Bertz CT molecular complexity index is 499. The third kappa shape index (κ3) is 2.65. The summed E-state index contributed by atoms with van der Waals surface area (Å²) in [4.78, 5) is 4.13. The number of halogens is 2. The van der Waals surface area contributed by atoms with Gasteiger partial charge in [0, 0.05) is 10.2 Å². The third-order valence-corrected chi connectivity index (χ3v) is 3.21. The fourth-order valence-electron chi connectivity index (χ4n) is 1.20. The van der Waals surface area contributed by atoms with Gasteiger partial charge in [0.25, 0.3) is 0 Å². The van der Waals surface area contributed by atoms with E-state index in [4.69, 9.17) is 17.3 Å². The van der Waals surface area contributed by atoms with Gasteiger partial charge in [-0.25, -0.2) is 4.98 Å². The van der Waals surface area contributed by atoms with Gasteiger partial charge < -0.3 is 11.1 Å². The summed E-state index contributed by atoms with van der Waals surface area (Å²) in [6.07, 6.45) is 1.60. The number of nitrogens with zero attached hydrogens (tertiary/aromatic N) is 1. The average Bonchev–Trinajstić information content (AvgIpc) is 2.27. The van der Waals surface area contributed by atoms with Crippen LogP contribution in [0.1, 0.15) is 0 Å². The van der Waals surface area contributed by atoms with Crippen molar-refractivity contribution in [2.24, 2.45) is 0 Å². The Kier molecular flexibility index (Phi) is 3.31. The highest BCUT2D eigenvalue weighted by Gasteiger charge is 2.00. The maximum Gasteiger partial charge on any atom is 0.130 e. The lowest BCUT2D eigenvalue weighted by atomic mass is 10.3. The lowest BCUT2D eigenvalue weighted by molar-refractivity contribution is 1.31. The predicted molar refractivity (Wildman–Crippen MR) is 71.1 cm³/mol. The Morgan fingerprint density at radius 1 is 1.25 bits per heavy atom. The number of nitrogens with one attached hydrogen (secondary N) is 1. The van der Waals surface area contributed by atoms with Crippen molar-refractivity contribution in [1.29, 1.82) is 0 Å². The number of aromatic nitrogens is 1. The van der Waals surface area contributed by atoms with Crippen LogP contribution >= 0.6 is 27.5 Å². The van der Waals surface area contributed by atoms with Gasteiger partial charge in [0.05, 0.1) is 16.9 Å². The molecule has 0 saturated carbocycles. The molecule has 1 heterocycles. The molecule has 1 aromatic heterocycles. The number of hydrogen-bond donors (Lipinski definition) is 2. The van der Waals surface area contributed by atoms with Crippen LogP contribution in [0.5, 0.6) is 0 Å². The van der Waals surface area contributed by atoms with Crippen LogP contribution in [0.4, 0.5) is 17.2 Å². The Balaban J connectivity index is 2.20. The van der Waals surface area contributed by atoms with E-state index in [0.717, 1.165) is 16.0 Å². The summed E-state index contributed by atoms with van der Waals surface area (Å²) in [5.41, 5.74) is 7.06. The molecule has 0 spiro atoms. The van der Waals surface area contributed by atoms with Crippen LogP contribution in [0.25, 0.3) is 0 Å². The van der Waals surface area contributed by atoms with Gasteiger partial charge >= 0.3 is 0 Å². The summed E-state index contributed by atoms with van der Waals surface area (Å²) in [7, 11) is 0. The fraction of sp³-hybridized carbons (Fsp3) is 0. The minimum Gasteiger partial charge on any atom is -0.397 e. The molecule has 0 amide bonds. The van der Waals surface area contributed by atoms with Gasteiger partial charge in [-0.1, -0.05) is 11.6 Å². The first-order chi connectivity index (χ1) is 7.65. The van der Waals surface area contributed by atoms with Crippen LogP contribution in [0.2, 0.25) is 5.02 Å². The number of nitrogen functional groups attached to an aromatic ring is 1. The highest BCUT2D eigenvalue weighted by Crippen LogP contribution is 2.26. The van der Waals surface area contributed by atoms with Crippen LogP contribution in [-0.2, 0) is 0 Å². The Morgan fingerprint density at radius 2 is 2.06 bits per heavy atom. The normalized spacial score (nSPS) is 10.1. The van der Waals surface area contributed by atoms with Crippen molar-refractivity contribution < 1.29 is 0 Å². The van der Waals surface area contributed by atoms with E-state index >= 15 is 0 Å². The van der Waals surface area contributed by atoms with Gasteiger partial charge in [-0.15, -0.1) is 0 Å². The Hall–Kier alpha value is -1.26. The molecule has 0 atom stereocenters. The predicted octanol–water partition coefficient (Wildman–Crippen LogP) is 3.82. The summed E-state index contributed by atoms with van der Waals surface area (Å²) >= 11 is 9.31. The first kappa shape index (κ1) is 11.2. The van der Waals surface area contributed by atoms with Crippen molar-refractivity contribution in [3.63, 3.8) is 0 Å². The molecule has 2 rings (SSSR count). The standard InChI is InChI=1S/C11H9BrClN3/c12-9-3-2-8(5-10(9)13)16-11-4-1-7(14)6-15-11/h1-6H,14H2,(H,15,16). The van der Waals surface area contributed by atoms with Crippen LogP contribution in [0.15, 0.2) is 41.0 Å². The van der Waals surface area contributed by atoms with Gasteiger partial charge in [-0.05, 0) is 46.3 Å². The number of nitrogens with two attached hydrogens (primary N) is 1. The zero-order valence-corrected chi connectivity index (χ0v) is 10.6. The number of pyridine rings is 1. The second-order valence-electron chi connectivity index (χ2n) is 3.23. The molecule has 5 heteroatoms. The summed E-state index contributed by atoms with van der Waals surface area (Å²) in [6.45, 7) is 0. The van der Waals surface area contributed by atoms with Crippen molar-refractivity contribution in [3.8, 4) is 0 Å². The van der Waals surface area contributed by atoms with Gasteiger partial charge in [0.15, 0.2) is 0 Å². The SMILES string of the molecule is Nc1ccc(Nc2ccc(Br)c(Cl)c2)nc1. The van der Waals surface area contributed by atoms with Gasteiger partial charge in [0.2, 0.25) is 0 Å². The van der Waals surface area contributed by atoms with E-state index < -0.39 is 0 Å². The zero-order valence-electron chi connectivity index (χ0n) is 8.24. The molecule has 0 saturated heterocycles. The van der Waals surface area contributed by atoms with E-state index in [1.807, 2.05) is 24.3 Å². The minimum absolute atomic E-state index is 0.638. The summed E-state index contributed by atoms with van der Waals surface area (Å²) in [6, 6.07) is 9.21. The molecule has 0 bridgehead atoms. The van der Waals surface area contributed by atoms with E-state index in [2.05, 4.69) is 26.2 Å². The van der Waals surface area contributed by atoms with Crippen molar-refractivity contribution in [3.05, 3.63) is 46.0 Å². The molecule has 3 nitrogen and oxygen atoms in total. The van der Waals surface area contributed by atoms with Gasteiger partial charge in [-0.2, -0.15) is 0 Å². The van der Waals surface area contributed by atoms with Gasteiger partial charge in [-0.3, -0.25) is 0 Å². The molecule has 0 unspecified atom stereocenters. The molecule has 0 aliphatic carbocycles. The maximum absolute atomic E-state index is 5.98. The highest BCUT2D eigenvalue weighted by atomic mass is 79.9. The molecule has 3 N–H and O–H groups in total. The number of benzene rings is 1. The first-order valence-electron chi connectivity index (χ1n) is 4.59. The third-order valence-electron chi connectivity index (χ3n) is 1.98. The first-order valence-corrected chi connectivity index (χ1v) is 5.76. The van der Waals surface area contributed by atoms with Crippen molar-refractivity contribution in [2.75, 3.05) is 11.1 Å². The molecule has 1 aromatic carbocycles. The summed E-state index contributed by atoms with van der Waals surface area (Å²) < 4.78 is 0.866. The zero-order chi connectivity index (χ0) is 11.5. The van der Waals surface area contributed by atoms with Crippen molar-refractivity contribution >= 4 is 44.7 Å². The quantitative estimate of drug-likeness (QED) is 0.886. The van der Waals surface area contributed by atoms with E-state index in [1.54, 1.807) is 12.3 Å². The van der Waals surface area contributed by atoms with Crippen LogP contribution in [0, 0.1) is 0 Å². The molecule has 0 aliphatic heterocycles. The topological polar surface area (TPSA) is 50.9 Å². The lowest BCUT2D eigenvalue weighted by Gasteiger charge is -2.06.